The molecule has 1 unspecified atom stereocenters. The summed E-state index contributed by atoms with van der Waals surface area (Å²) in [7, 11) is 0. The van der Waals surface area contributed by atoms with E-state index in [0.29, 0.717) is 19.8 Å². The lowest BCUT2D eigenvalue weighted by molar-refractivity contribution is -0.128. The van der Waals surface area contributed by atoms with Crippen LogP contribution in [0.1, 0.15) is 30.3 Å². The molecule has 7 heteroatoms. The molecular formula is C20H27N5O2. The Morgan fingerprint density at radius 2 is 2.15 bits per heavy atom. The number of aryl methyl sites for hydroxylation is 1. The smallest absolute Gasteiger partial charge is 0.242 e. The summed E-state index contributed by atoms with van der Waals surface area (Å²) in [5, 5.41) is 3.23. The van der Waals surface area contributed by atoms with E-state index in [1.807, 2.05) is 31.5 Å². The lowest BCUT2D eigenvalue weighted by Gasteiger charge is -2.34. The summed E-state index contributed by atoms with van der Waals surface area (Å²) in [5.74, 6) is 1.08. The Bertz CT molecular complexity index is 766. The molecule has 3 heterocycles. The number of hydrogen-bond donors (Lipinski definition) is 1. The summed E-state index contributed by atoms with van der Waals surface area (Å²) in [6.45, 7) is 6.46. The largest absolute Gasteiger partial charge is 0.379 e. The van der Waals surface area contributed by atoms with Gasteiger partial charge in [0.1, 0.15) is 11.9 Å². The van der Waals surface area contributed by atoms with E-state index < -0.39 is 0 Å². The Labute approximate surface area is 159 Å². The third-order valence-corrected chi connectivity index (χ3v) is 5.68. The van der Waals surface area contributed by atoms with Crippen molar-refractivity contribution in [1.82, 2.24) is 24.8 Å². The highest BCUT2D eigenvalue weighted by molar-refractivity contribution is 5.83. The van der Waals surface area contributed by atoms with Crippen LogP contribution in [0.25, 0.3) is 0 Å². The first kappa shape index (κ1) is 18.1. The van der Waals surface area contributed by atoms with Crippen LogP contribution in [-0.2, 0) is 16.1 Å². The molecule has 2 fully saturated rings. The maximum Gasteiger partial charge on any atom is 0.242 e. The van der Waals surface area contributed by atoms with Gasteiger partial charge in [0.15, 0.2) is 0 Å². The monoisotopic (exact) mass is 369 g/mol. The maximum absolute atomic E-state index is 13.1. The first-order valence-corrected chi connectivity index (χ1v) is 9.64. The molecule has 0 aromatic carbocycles. The SMILES string of the molecule is Cc1nccn1CC1(CNC(=O)C(c2cccnc2)N2CCOCC2)CC1. The average molecular weight is 369 g/mol. The van der Waals surface area contributed by atoms with Gasteiger partial charge in [-0.05, 0) is 31.4 Å². The van der Waals surface area contributed by atoms with Gasteiger partial charge in [-0.2, -0.15) is 0 Å². The van der Waals surface area contributed by atoms with Gasteiger partial charge in [-0.25, -0.2) is 4.98 Å². The van der Waals surface area contributed by atoms with Gasteiger partial charge < -0.3 is 14.6 Å². The Morgan fingerprint density at radius 3 is 2.78 bits per heavy atom. The first-order valence-electron chi connectivity index (χ1n) is 9.64. The molecule has 27 heavy (non-hydrogen) atoms. The molecule has 0 bridgehead atoms. The van der Waals surface area contributed by atoms with Crippen molar-refractivity contribution in [1.29, 1.82) is 0 Å². The highest BCUT2D eigenvalue weighted by Gasteiger charge is 2.44. The number of rotatable bonds is 7. The molecule has 1 aliphatic heterocycles. The van der Waals surface area contributed by atoms with Crippen LogP contribution < -0.4 is 5.32 Å². The molecular weight excluding hydrogens is 342 g/mol. The van der Waals surface area contributed by atoms with Crippen molar-refractivity contribution >= 4 is 5.91 Å². The number of nitrogens with zero attached hydrogens (tertiary/aromatic N) is 4. The molecule has 1 amide bonds. The Morgan fingerprint density at radius 1 is 1.33 bits per heavy atom. The predicted octanol–water partition coefficient (Wildman–Crippen LogP) is 1.56. The van der Waals surface area contributed by atoms with E-state index in [2.05, 4.69) is 24.8 Å². The minimum atomic E-state index is -0.312. The van der Waals surface area contributed by atoms with Crippen LogP contribution in [0.5, 0.6) is 0 Å². The minimum absolute atomic E-state index is 0.0542. The van der Waals surface area contributed by atoms with Gasteiger partial charge >= 0.3 is 0 Å². The third kappa shape index (κ3) is 4.20. The van der Waals surface area contributed by atoms with Crippen molar-refractivity contribution < 1.29 is 9.53 Å². The zero-order chi connectivity index (χ0) is 18.7. The number of amides is 1. The highest BCUT2D eigenvalue weighted by atomic mass is 16.5. The lowest BCUT2D eigenvalue weighted by Crippen LogP contribution is -2.47. The number of aromatic nitrogens is 3. The summed E-state index contributed by atoms with van der Waals surface area (Å²) in [4.78, 5) is 23.9. The summed E-state index contributed by atoms with van der Waals surface area (Å²) in [6.07, 6.45) is 9.66. The first-order chi connectivity index (χ1) is 13.2. The van der Waals surface area contributed by atoms with Crippen LogP contribution in [0, 0.1) is 12.3 Å². The van der Waals surface area contributed by atoms with Crippen molar-refractivity contribution in [3.05, 3.63) is 48.3 Å². The van der Waals surface area contributed by atoms with Crippen LogP contribution in [0.3, 0.4) is 0 Å². The second kappa shape index (κ2) is 7.78. The fourth-order valence-electron chi connectivity index (χ4n) is 3.77. The lowest BCUT2D eigenvalue weighted by atomic mass is 10.0. The van der Waals surface area contributed by atoms with E-state index in [0.717, 1.165) is 43.9 Å². The van der Waals surface area contributed by atoms with E-state index in [-0.39, 0.29) is 17.4 Å². The van der Waals surface area contributed by atoms with Crippen molar-refractivity contribution in [3.8, 4) is 0 Å². The van der Waals surface area contributed by atoms with Crippen molar-refractivity contribution in [2.75, 3.05) is 32.8 Å². The fraction of sp³-hybridized carbons (Fsp3) is 0.550. The molecule has 2 aromatic rings. The van der Waals surface area contributed by atoms with Gasteiger partial charge in [0.25, 0.3) is 0 Å². The van der Waals surface area contributed by atoms with E-state index >= 15 is 0 Å². The van der Waals surface area contributed by atoms with Crippen LogP contribution in [0.15, 0.2) is 36.9 Å². The minimum Gasteiger partial charge on any atom is -0.379 e. The summed E-state index contributed by atoms with van der Waals surface area (Å²) < 4.78 is 7.64. The molecule has 2 aliphatic rings. The molecule has 1 saturated carbocycles. The highest BCUT2D eigenvalue weighted by Crippen LogP contribution is 2.46. The number of nitrogens with one attached hydrogen (secondary N) is 1. The average Bonchev–Trinajstić information content (AvgIpc) is 3.36. The zero-order valence-corrected chi connectivity index (χ0v) is 15.8. The van der Waals surface area contributed by atoms with E-state index in [1.54, 1.807) is 12.4 Å². The van der Waals surface area contributed by atoms with Crippen LogP contribution in [0.2, 0.25) is 0 Å². The molecule has 4 rings (SSSR count). The second-order valence-electron chi connectivity index (χ2n) is 7.66. The molecule has 1 saturated heterocycles. The third-order valence-electron chi connectivity index (χ3n) is 5.68. The van der Waals surface area contributed by atoms with Crippen LogP contribution >= 0.6 is 0 Å². The van der Waals surface area contributed by atoms with Crippen molar-refractivity contribution in [3.63, 3.8) is 0 Å². The van der Waals surface area contributed by atoms with Crippen LogP contribution in [-0.4, -0.2) is 58.2 Å². The maximum atomic E-state index is 13.1. The van der Waals surface area contributed by atoms with Crippen molar-refractivity contribution in [2.45, 2.75) is 32.4 Å². The number of pyridine rings is 1. The van der Waals surface area contributed by atoms with E-state index in [1.165, 1.54) is 0 Å². The van der Waals surface area contributed by atoms with Crippen LogP contribution in [0.4, 0.5) is 0 Å². The topological polar surface area (TPSA) is 72.3 Å². The van der Waals surface area contributed by atoms with Gasteiger partial charge in [0, 0.05) is 56.4 Å². The van der Waals surface area contributed by atoms with Gasteiger partial charge in [0.2, 0.25) is 5.91 Å². The number of imidazole rings is 1. The van der Waals surface area contributed by atoms with E-state index in [4.69, 9.17) is 4.74 Å². The predicted molar refractivity (Wildman–Crippen MR) is 101 cm³/mol. The zero-order valence-electron chi connectivity index (χ0n) is 15.8. The molecule has 7 nitrogen and oxygen atoms in total. The number of morpholine rings is 1. The summed E-state index contributed by atoms with van der Waals surface area (Å²) in [5.41, 5.74) is 1.10. The summed E-state index contributed by atoms with van der Waals surface area (Å²) >= 11 is 0. The number of carbonyl (C=O) groups is 1. The normalized spacial score (nSPS) is 20.2. The second-order valence-corrected chi connectivity index (χ2v) is 7.66. The van der Waals surface area contributed by atoms with Gasteiger partial charge in [-0.3, -0.25) is 14.7 Å². The number of carbonyl (C=O) groups excluding carboxylic acids is 1. The molecule has 1 aliphatic carbocycles. The molecule has 1 atom stereocenters. The van der Waals surface area contributed by atoms with Gasteiger partial charge in [-0.1, -0.05) is 6.07 Å². The fourth-order valence-corrected chi connectivity index (χ4v) is 3.77. The van der Waals surface area contributed by atoms with Gasteiger partial charge in [-0.15, -0.1) is 0 Å². The Kier molecular flexibility index (Phi) is 5.22. The number of ether oxygens (including phenoxy) is 1. The standard InChI is InChI=1S/C20H27N5O2/c1-16-22-7-8-25(16)15-20(4-5-20)14-23-19(26)18(17-3-2-6-21-13-17)24-9-11-27-12-10-24/h2-3,6-8,13,18H,4-5,9-12,14-15H2,1H3,(H,23,26). The quantitative estimate of drug-likeness (QED) is 0.802. The molecule has 144 valence electrons. The summed E-state index contributed by atoms with van der Waals surface area (Å²) in [6, 6.07) is 3.56. The van der Waals surface area contributed by atoms with Gasteiger partial charge in [0.05, 0.1) is 13.2 Å². The molecule has 1 N–H and O–H groups in total. The molecule has 2 aromatic heterocycles. The Balaban J connectivity index is 1.43. The molecule has 0 spiro atoms. The Hall–Kier alpha value is -2.25. The van der Waals surface area contributed by atoms with Crippen molar-refractivity contribution in [2.24, 2.45) is 5.41 Å². The van der Waals surface area contributed by atoms with E-state index in [9.17, 15) is 4.79 Å². The number of hydrogen-bond acceptors (Lipinski definition) is 5. The molecule has 0 radical (unpaired) electrons.